The number of nitrogens with zero attached hydrogens (tertiary/aromatic N) is 2. The third-order valence-electron chi connectivity index (χ3n) is 5.27. The highest BCUT2D eigenvalue weighted by atomic mass is 16.5. The topological polar surface area (TPSA) is 54.8 Å². The molecule has 4 rings (SSSR count). The molecule has 1 aromatic heterocycles. The van der Waals surface area contributed by atoms with Gasteiger partial charge in [0.15, 0.2) is 0 Å². The summed E-state index contributed by atoms with van der Waals surface area (Å²) in [7, 11) is 1.66. The molecule has 0 bridgehead atoms. The van der Waals surface area contributed by atoms with Crippen LogP contribution in [0.1, 0.15) is 17.0 Å². The van der Waals surface area contributed by atoms with Crippen molar-refractivity contribution in [1.29, 1.82) is 0 Å². The summed E-state index contributed by atoms with van der Waals surface area (Å²) >= 11 is 0. The normalized spacial score (nSPS) is 25.7. The molecule has 0 amide bonds. The van der Waals surface area contributed by atoms with E-state index in [4.69, 9.17) is 9.47 Å². The van der Waals surface area contributed by atoms with Crippen molar-refractivity contribution < 1.29 is 14.6 Å². The monoisotopic (exact) mass is 326 g/mol. The second-order valence-electron chi connectivity index (χ2n) is 6.80. The number of likely N-dealkylation sites (tertiary alicyclic amines) is 1. The molecule has 2 aliphatic rings. The van der Waals surface area contributed by atoms with Crippen LogP contribution >= 0.6 is 0 Å². The van der Waals surface area contributed by atoms with E-state index in [1.165, 1.54) is 11.1 Å². The number of rotatable bonds is 4. The second kappa shape index (κ2) is 6.07. The number of aliphatic hydroxyl groups is 1. The molecule has 1 saturated heterocycles. The lowest BCUT2D eigenvalue weighted by Crippen LogP contribution is -2.42. The van der Waals surface area contributed by atoms with Gasteiger partial charge < -0.3 is 14.6 Å². The molecular weight excluding hydrogens is 304 g/mol. The van der Waals surface area contributed by atoms with E-state index in [9.17, 15) is 5.11 Å². The minimum atomic E-state index is -0.232. The molecule has 2 aromatic rings. The summed E-state index contributed by atoms with van der Waals surface area (Å²) in [6, 6.07) is 10.1. The van der Waals surface area contributed by atoms with Gasteiger partial charge in [0.05, 0.1) is 20.3 Å². The van der Waals surface area contributed by atoms with Crippen molar-refractivity contribution in [3.8, 4) is 11.5 Å². The molecule has 24 heavy (non-hydrogen) atoms. The number of aliphatic hydroxyl groups excluding tert-OH is 1. The molecule has 5 heteroatoms. The van der Waals surface area contributed by atoms with E-state index in [1.54, 1.807) is 13.3 Å². The summed E-state index contributed by atoms with van der Waals surface area (Å²) in [5.74, 6) is 1.95. The lowest BCUT2D eigenvalue weighted by molar-refractivity contribution is 0.0456. The summed E-state index contributed by atoms with van der Waals surface area (Å²) in [6.45, 7) is 3.26. The van der Waals surface area contributed by atoms with Crippen LogP contribution in [-0.2, 0) is 6.54 Å². The molecule has 1 N–H and O–H groups in total. The highest BCUT2D eigenvalue weighted by molar-refractivity contribution is 5.46. The van der Waals surface area contributed by atoms with E-state index in [-0.39, 0.29) is 17.9 Å². The van der Waals surface area contributed by atoms with Gasteiger partial charge >= 0.3 is 0 Å². The number of aromatic nitrogens is 1. The standard InChI is InChI=1S/C19H22N2O3/c1-23-15-4-5-16-17-10-21(9-14-3-2-6-20-8-14)11-19(17,12-22)13-24-18(16)7-15/h2-8,17,22H,9-13H2,1H3. The predicted octanol–water partition coefficient (Wildman–Crippen LogP) is 2.06. The molecule has 0 saturated carbocycles. The highest BCUT2D eigenvalue weighted by Gasteiger charge is 2.50. The Labute approximate surface area is 141 Å². The van der Waals surface area contributed by atoms with Crippen LogP contribution in [0.3, 0.4) is 0 Å². The Hall–Kier alpha value is -2.11. The molecule has 2 unspecified atom stereocenters. The molecule has 2 aliphatic heterocycles. The van der Waals surface area contributed by atoms with E-state index in [2.05, 4.69) is 22.0 Å². The Kier molecular flexibility index (Phi) is 3.90. The largest absolute Gasteiger partial charge is 0.497 e. The minimum absolute atomic E-state index is 0.132. The predicted molar refractivity (Wildman–Crippen MR) is 90.3 cm³/mol. The fourth-order valence-electron chi connectivity index (χ4n) is 4.00. The number of hydrogen-bond acceptors (Lipinski definition) is 5. The molecule has 1 aromatic carbocycles. The first-order chi connectivity index (χ1) is 11.7. The third-order valence-corrected chi connectivity index (χ3v) is 5.27. The number of benzene rings is 1. The van der Waals surface area contributed by atoms with Crippen LogP contribution < -0.4 is 9.47 Å². The van der Waals surface area contributed by atoms with Gasteiger partial charge in [-0.25, -0.2) is 0 Å². The zero-order chi connectivity index (χ0) is 16.6. The Morgan fingerprint density at radius 1 is 1.42 bits per heavy atom. The summed E-state index contributed by atoms with van der Waals surface area (Å²) in [5.41, 5.74) is 2.13. The maximum atomic E-state index is 10.1. The van der Waals surface area contributed by atoms with Gasteiger partial charge in [0.1, 0.15) is 11.5 Å². The number of ether oxygens (including phenoxy) is 2. The summed E-state index contributed by atoms with van der Waals surface area (Å²) in [6.07, 6.45) is 3.70. The Morgan fingerprint density at radius 3 is 3.08 bits per heavy atom. The van der Waals surface area contributed by atoms with Gasteiger partial charge in [0.25, 0.3) is 0 Å². The van der Waals surface area contributed by atoms with Crippen LogP contribution in [0.25, 0.3) is 0 Å². The molecule has 126 valence electrons. The fraction of sp³-hybridized carbons (Fsp3) is 0.421. The first-order valence-corrected chi connectivity index (χ1v) is 8.27. The Balaban J connectivity index is 1.61. The second-order valence-corrected chi connectivity index (χ2v) is 6.80. The van der Waals surface area contributed by atoms with E-state index in [0.29, 0.717) is 6.61 Å². The van der Waals surface area contributed by atoms with Gasteiger partial charge in [0, 0.05) is 49.4 Å². The molecule has 0 radical (unpaired) electrons. The van der Waals surface area contributed by atoms with E-state index in [1.807, 2.05) is 24.4 Å². The number of hydrogen-bond donors (Lipinski definition) is 1. The first kappa shape index (κ1) is 15.4. The van der Waals surface area contributed by atoms with Crippen molar-refractivity contribution in [2.45, 2.75) is 12.5 Å². The summed E-state index contributed by atoms with van der Waals surface area (Å²) in [5, 5.41) is 10.1. The van der Waals surface area contributed by atoms with Crippen LogP contribution in [-0.4, -0.2) is 48.4 Å². The zero-order valence-electron chi connectivity index (χ0n) is 13.8. The average molecular weight is 326 g/mol. The molecule has 0 aliphatic carbocycles. The van der Waals surface area contributed by atoms with Crippen molar-refractivity contribution in [2.75, 3.05) is 33.4 Å². The molecule has 5 nitrogen and oxygen atoms in total. The Morgan fingerprint density at radius 2 is 2.33 bits per heavy atom. The van der Waals surface area contributed by atoms with Gasteiger partial charge in [-0.3, -0.25) is 9.88 Å². The van der Waals surface area contributed by atoms with Crippen molar-refractivity contribution in [3.63, 3.8) is 0 Å². The number of fused-ring (bicyclic) bond motifs is 3. The quantitative estimate of drug-likeness (QED) is 0.932. The Bertz CT molecular complexity index is 722. The number of methoxy groups -OCH3 is 1. The van der Waals surface area contributed by atoms with Crippen LogP contribution in [0, 0.1) is 5.41 Å². The van der Waals surface area contributed by atoms with Crippen LogP contribution in [0.5, 0.6) is 11.5 Å². The first-order valence-electron chi connectivity index (χ1n) is 8.27. The SMILES string of the molecule is COc1ccc2c(c1)OCC1(CO)CN(Cc3cccnc3)CC21. The summed E-state index contributed by atoms with van der Waals surface area (Å²) < 4.78 is 11.3. The van der Waals surface area contributed by atoms with Crippen LogP contribution in [0.2, 0.25) is 0 Å². The van der Waals surface area contributed by atoms with Gasteiger partial charge in [-0.2, -0.15) is 0 Å². The van der Waals surface area contributed by atoms with E-state index < -0.39 is 0 Å². The summed E-state index contributed by atoms with van der Waals surface area (Å²) in [4.78, 5) is 6.58. The molecule has 2 atom stereocenters. The highest BCUT2D eigenvalue weighted by Crippen LogP contribution is 2.50. The molecular formula is C19H22N2O3. The molecule has 1 fully saturated rings. The van der Waals surface area contributed by atoms with E-state index in [0.717, 1.165) is 31.1 Å². The van der Waals surface area contributed by atoms with Gasteiger partial charge in [-0.05, 0) is 23.3 Å². The number of pyridine rings is 1. The van der Waals surface area contributed by atoms with Crippen molar-refractivity contribution in [1.82, 2.24) is 9.88 Å². The fourth-order valence-corrected chi connectivity index (χ4v) is 4.00. The van der Waals surface area contributed by atoms with Gasteiger partial charge in [0.2, 0.25) is 0 Å². The van der Waals surface area contributed by atoms with Gasteiger partial charge in [-0.1, -0.05) is 12.1 Å². The maximum Gasteiger partial charge on any atom is 0.126 e. The van der Waals surface area contributed by atoms with Gasteiger partial charge in [-0.15, -0.1) is 0 Å². The zero-order valence-corrected chi connectivity index (χ0v) is 13.8. The molecule has 0 spiro atoms. The maximum absolute atomic E-state index is 10.1. The van der Waals surface area contributed by atoms with Crippen molar-refractivity contribution >= 4 is 0 Å². The lowest BCUT2D eigenvalue weighted by Gasteiger charge is -2.38. The van der Waals surface area contributed by atoms with Crippen molar-refractivity contribution in [3.05, 3.63) is 53.9 Å². The van der Waals surface area contributed by atoms with E-state index >= 15 is 0 Å². The van der Waals surface area contributed by atoms with Crippen molar-refractivity contribution in [2.24, 2.45) is 5.41 Å². The van der Waals surface area contributed by atoms with Crippen LogP contribution in [0.15, 0.2) is 42.7 Å². The lowest BCUT2D eigenvalue weighted by atomic mass is 9.74. The van der Waals surface area contributed by atoms with Crippen LogP contribution in [0.4, 0.5) is 0 Å². The average Bonchev–Trinajstić information content (AvgIpc) is 3.01. The molecule has 3 heterocycles. The third kappa shape index (κ3) is 2.54. The minimum Gasteiger partial charge on any atom is -0.497 e. The smallest absolute Gasteiger partial charge is 0.126 e.